The molecule has 6 heteroatoms. The van der Waals surface area contributed by atoms with Crippen molar-refractivity contribution in [2.24, 2.45) is 0 Å². The predicted molar refractivity (Wildman–Crippen MR) is 43.2 cm³/mol. The Bertz CT molecular complexity index is 50.5. The molecule has 0 rings (SSSR count). The van der Waals surface area contributed by atoms with Crippen molar-refractivity contribution in [1.82, 2.24) is 0 Å². The van der Waals surface area contributed by atoms with E-state index < -0.39 is 5.97 Å². The van der Waals surface area contributed by atoms with Gasteiger partial charge in [-0.25, -0.2) is 0 Å². The molecule has 2 nitrogen and oxygen atoms in total. The molecule has 0 fully saturated rings. The fourth-order valence-electron chi connectivity index (χ4n) is 0. The average molecular weight is 202 g/mol. The van der Waals surface area contributed by atoms with Gasteiger partial charge in [0, 0.05) is 0 Å². The molecule has 0 heterocycles. The van der Waals surface area contributed by atoms with Crippen LogP contribution < -0.4 is 0 Å². The maximum Gasteiger partial charge on any atom is 0.313 e. The van der Waals surface area contributed by atoms with E-state index >= 15 is 0 Å². The summed E-state index contributed by atoms with van der Waals surface area (Å²) in [5.74, 6) is -0.965. The Morgan fingerprint density at radius 3 is 1.50 bits per heavy atom. The highest BCUT2D eigenvalue weighted by atomic mass is 35.5. The third-order valence-corrected chi connectivity index (χ3v) is 0.406. The summed E-state index contributed by atoms with van der Waals surface area (Å²) in [6, 6.07) is 0. The van der Waals surface area contributed by atoms with Crippen molar-refractivity contribution in [2.75, 3.05) is 5.75 Å². The van der Waals surface area contributed by atoms with Gasteiger partial charge in [-0.1, -0.05) is 0 Å². The van der Waals surface area contributed by atoms with Crippen molar-refractivity contribution in [1.29, 1.82) is 0 Å². The number of aliphatic carboxylic acids is 1. The lowest BCUT2D eigenvalue weighted by Gasteiger charge is -1.71. The van der Waals surface area contributed by atoms with Gasteiger partial charge in [-0.15, -0.1) is 37.2 Å². The highest BCUT2D eigenvalue weighted by Crippen LogP contribution is 1.66. The van der Waals surface area contributed by atoms with Crippen LogP contribution in [0.4, 0.5) is 0 Å². The van der Waals surface area contributed by atoms with E-state index in [2.05, 4.69) is 12.6 Å². The highest BCUT2D eigenvalue weighted by molar-refractivity contribution is 7.81. The average Bonchev–Trinajstić information content (AvgIpc) is 1.38. The number of carboxylic acid groups (broad SMARTS) is 1. The van der Waals surface area contributed by atoms with Crippen LogP contribution in [0.5, 0.6) is 0 Å². The lowest BCUT2D eigenvalue weighted by molar-refractivity contribution is -0.133. The second-order valence-electron chi connectivity index (χ2n) is 0.552. The quantitative estimate of drug-likeness (QED) is 0.627. The molecule has 1 N–H and O–H groups in total. The minimum absolute atomic E-state index is 0. The molecule has 0 bridgehead atoms. The second kappa shape index (κ2) is 15.6. The fraction of sp³-hybridized carbons (Fsp3) is 0.500. The maximum atomic E-state index is 9.29. The molecule has 0 atom stereocenters. The van der Waals surface area contributed by atoms with Crippen LogP contribution in [0.25, 0.3) is 0 Å². The zero-order chi connectivity index (χ0) is 4.28. The first-order valence-electron chi connectivity index (χ1n) is 1.10. The molecule has 54 valence electrons. The monoisotopic (exact) mass is 200 g/mol. The maximum absolute atomic E-state index is 9.29. The van der Waals surface area contributed by atoms with E-state index in [1.165, 1.54) is 0 Å². The number of thiol groups is 1. The molecule has 8 heavy (non-hydrogen) atoms. The van der Waals surface area contributed by atoms with E-state index in [0.717, 1.165) is 0 Å². The summed E-state index contributed by atoms with van der Waals surface area (Å²) in [6.07, 6.45) is 0. The van der Waals surface area contributed by atoms with Gasteiger partial charge in [-0.05, 0) is 0 Å². The highest BCUT2D eigenvalue weighted by Gasteiger charge is 1.81. The molecule has 0 aliphatic carbocycles. The van der Waals surface area contributed by atoms with E-state index in [0.29, 0.717) is 0 Å². The normalized spacial score (nSPS) is 4.62. The molecule has 0 saturated heterocycles. The zero-order valence-corrected chi connectivity index (χ0v) is 7.08. The van der Waals surface area contributed by atoms with Crippen molar-refractivity contribution >= 4 is 55.8 Å². The van der Waals surface area contributed by atoms with Gasteiger partial charge < -0.3 is 5.11 Å². The molecule has 0 aromatic rings. The molecule has 0 amide bonds. The summed E-state index contributed by atoms with van der Waals surface area (Å²) in [5.41, 5.74) is 0. The third-order valence-electron chi connectivity index (χ3n) is 0.135. The SMILES string of the molecule is Cl.Cl.Cl.O=C(O)CS. The van der Waals surface area contributed by atoms with Crippen LogP contribution in [-0.4, -0.2) is 16.8 Å². The van der Waals surface area contributed by atoms with E-state index in [-0.39, 0.29) is 43.0 Å². The lowest BCUT2D eigenvalue weighted by atomic mass is 10.8. The van der Waals surface area contributed by atoms with E-state index in [1.54, 1.807) is 0 Å². The molecule has 0 spiro atoms. The Morgan fingerprint density at radius 1 is 1.38 bits per heavy atom. The van der Waals surface area contributed by atoms with E-state index in [1.807, 2.05) is 0 Å². The van der Waals surface area contributed by atoms with Crippen molar-refractivity contribution in [3.63, 3.8) is 0 Å². The van der Waals surface area contributed by atoms with Crippen molar-refractivity contribution in [3.8, 4) is 0 Å². The third kappa shape index (κ3) is 29.9. The Balaban J connectivity index is -0.0000000267. The summed E-state index contributed by atoms with van der Waals surface area (Å²) in [4.78, 5) is 9.29. The second-order valence-corrected chi connectivity index (χ2v) is 0.868. The van der Waals surface area contributed by atoms with Gasteiger partial charge in [0.2, 0.25) is 0 Å². The van der Waals surface area contributed by atoms with Crippen LogP contribution in [0.2, 0.25) is 0 Å². The van der Waals surface area contributed by atoms with Crippen LogP contribution in [0, 0.1) is 0 Å². The van der Waals surface area contributed by atoms with Gasteiger partial charge in [-0.3, -0.25) is 4.79 Å². The van der Waals surface area contributed by atoms with Crippen molar-refractivity contribution in [3.05, 3.63) is 0 Å². The Kier molecular flexibility index (Phi) is 45.7. The predicted octanol–water partition coefficient (Wildman–Crippen LogP) is 1.27. The zero-order valence-electron chi connectivity index (χ0n) is 3.73. The molecular formula is C2H7Cl3O2S. The first kappa shape index (κ1) is 23.4. The van der Waals surface area contributed by atoms with Crippen LogP contribution in [0.15, 0.2) is 0 Å². The van der Waals surface area contributed by atoms with Gasteiger partial charge in [-0.2, -0.15) is 12.6 Å². The van der Waals surface area contributed by atoms with Gasteiger partial charge in [0.05, 0.1) is 5.75 Å². The van der Waals surface area contributed by atoms with Gasteiger partial charge in [0.25, 0.3) is 0 Å². The summed E-state index contributed by atoms with van der Waals surface area (Å²) in [7, 11) is 0. The number of carbonyl (C=O) groups is 1. The smallest absolute Gasteiger partial charge is 0.313 e. The molecule has 0 aliphatic heterocycles. The van der Waals surface area contributed by atoms with Gasteiger partial charge in [0.15, 0.2) is 0 Å². The van der Waals surface area contributed by atoms with Crippen LogP contribution >= 0.6 is 49.8 Å². The van der Waals surface area contributed by atoms with Crippen molar-refractivity contribution in [2.45, 2.75) is 0 Å². The molecule has 0 aromatic carbocycles. The number of carboxylic acids is 1. The Morgan fingerprint density at radius 2 is 1.50 bits per heavy atom. The number of hydrogen-bond donors (Lipinski definition) is 2. The first-order chi connectivity index (χ1) is 2.27. The Hall–Kier alpha value is 0.690. The molecule has 0 aromatic heterocycles. The lowest BCUT2D eigenvalue weighted by Crippen LogP contribution is -1.92. The minimum atomic E-state index is -0.881. The standard InChI is InChI=1S/C2H4O2S.3ClH/c3-2(4)1-5;;;/h5H,1H2,(H,3,4);3*1H. The fourth-order valence-corrected chi connectivity index (χ4v) is 0. The largest absolute Gasteiger partial charge is 0.481 e. The number of halogens is 3. The topological polar surface area (TPSA) is 37.3 Å². The molecule has 0 aliphatic rings. The van der Waals surface area contributed by atoms with Crippen molar-refractivity contribution < 1.29 is 9.90 Å². The number of rotatable bonds is 1. The molecular weight excluding hydrogens is 194 g/mol. The van der Waals surface area contributed by atoms with Gasteiger partial charge >= 0.3 is 5.97 Å². The molecule has 0 radical (unpaired) electrons. The number of hydrogen-bond acceptors (Lipinski definition) is 2. The van der Waals surface area contributed by atoms with Crippen LogP contribution in [0.3, 0.4) is 0 Å². The minimum Gasteiger partial charge on any atom is -0.481 e. The van der Waals surface area contributed by atoms with E-state index in [4.69, 9.17) is 5.11 Å². The van der Waals surface area contributed by atoms with Crippen LogP contribution in [-0.2, 0) is 4.79 Å². The van der Waals surface area contributed by atoms with Gasteiger partial charge in [0.1, 0.15) is 0 Å². The Labute approximate surface area is 71.7 Å². The summed E-state index contributed by atoms with van der Waals surface area (Å²) in [6.45, 7) is 0. The first-order valence-corrected chi connectivity index (χ1v) is 1.73. The van der Waals surface area contributed by atoms with E-state index in [9.17, 15) is 4.79 Å². The molecule has 0 unspecified atom stereocenters. The summed E-state index contributed by atoms with van der Waals surface area (Å²) < 4.78 is 0. The molecule has 0 saturated carbocycles. The van der Waals surface area contributed by atoms with Crippen LogP contribution in [0.1, 0.15) is 0 Å². The summed E-state index contributed by atoms with van der Waals surface area (Å²) >= 11 is 3.42. The summed E-state index contributed by atoms with van der Waals surface area (Å²) in [5, 5.41) is 7.65.